The first-order valence-corrected chi connectivity index (χ1v) is 11.2. The summed E-state index contributed by atoms with van der Waals surface area (Å²) in [4.78, 5) is 29.8. The maximum atomic E-state index is 12.5. The second-order valence-electron chi connectivity index (χ2n) is 8.04. The van der Waals surface area contributed by atoms with Crippen molar-refractivity contribution in [3.8, 4) is 0 Å². The van der Waals surface area contributed by atoms with Crippen LogP contribution in [0.2, 0.25) is 0 Å². The van der Waals surface area contributed by atoms with Crippen LogP contribution in [-0.4, -0.2) is 48.2 Å². The number of nitrogens with one attached hydrogen (secondary N) is 1. The monoisotopic (exact) mass is 429 g/mol. The lowest BCUT2D eigenvalue weighted by Crippen LogP contribution is -2.46. The van der Waals surface area contributed by atoms with Gasteiger partial charge in [-0.15, -0.1) is 11.3 Å². The first kappa shape index (κ1) is 20.8. The van der Waals surface area contributed by atoms with Crippen LogP contribution in [0.5, 0.6) is 0 Å². The van der Waals surface area contributed by atoms with E-state index in [0.29, 0.717) is 6.04 Å². The molecule has 30 heavy (non-hydrogen) atoms. The molecular formula is C22H27N3O4S. The number of ether oxygens (including phenoxy) is 1. The van der Waals surface area contributed by atoms with E-state index in [0.717, 1.165) is 62.4 Å². The molecule has 2 aromatic rings. The topological polar surface area (TPSA) is 91.8 Å². The molecule has 3 aliphatic rings. The maximum absolute atomic E-state index is 12.5. The van der Waals surface area contributed by atoms with E-state index >= 15 is 0 Å². The third-order valence-electron chi connectivity index (χ3n) is 5.96. The van der Waals surface area contributed by atoms with Crippen LogP contribution in [0, 0.1) is 6.92 Å². The number of rotatable bonds is 3. The average Bonchev–Trinajstić information content (AvgIpc) is 3.43. The van der Waals surface area contributed by atoms with Gasteiger partial charge in [-0.05, 0) is 56.4 Å². The van der Waals surface area contributed by atoms with E-state index in [9.17, 15) is 4.79 Å². The van der Waals surface area contributed by atoms with Gasteiger partial charge in [0.05, 0.1) is 17.1 Å². The molecule has 8 heteroatoms. The van der Waals surface area contributed by atoms with Crippen LogP contribution in [0.4, 0.5) is 5.69 Å². The van der Waals surface area contributed by atoms with Crippen LogP contribution in [0.3, 0.4) is 0 Å². The number of hydrogen-bond donors (Lipinski definition) is 2. The molecular weight excluding hydrogens is 402 g/mol. The van der Waals surface area contributed by atoms with Crippen molar-refractivity contribution in [2.45, 2.75) is 50.7 Å². The van der Waals surface area contributed by atoms with Crippen molar-refractivity contribution in [2.75, 3.05) is 24.6 Å². The average molecular weight is 430 g/mol. The van der Waals surface area contributed by atoms with Crippen LogP contribution >= 0.6 is 11.3 Å². The summed E-state index contributed by atoms with van der Waals surface area (Å²) in [6.07, 6.45) is 6.96. The fourth-order valence-corrected chi connectivity index (χ4v) is 5.41. The van der Waals surface area contributed by atoms with Gasteiger partial charge >= 0.3 is 0 Å². The molecule has 2 aromatic heterocycles. The number of thiophene rings is 1. The fourth-order valence-electron chi connectivity index (χ4n) is 4.28. The highest BCUT2D eigenvalue weighted by Crippen LogP contribution is 2.45. The van der Waals surface area contributed by atoms with Crippen molar-refractivity contribution in [3.05, 3.63) is 45.4 Å². The molecule has 0 aromatic carbocycles. The number of piperidine rings is 1. The summed E-state index contributed by atoms with van der Waals surface area (Å²) in [5.41, 5.74) is 3.34. The van der Waals surface area contributed by atoms with Crippen molar-refractivity contribution < 1.29 is 19.4 Å². The van der Waals surface area contributed by atoms with Crippen LogP contribution < -0.4 is 10.2 Å². The predicted molar refractivity (Wildman–Crippen MR) is 115 cm³/mol. The maximum Gasteiger partial charge on any atom is 0.290 e. The molecule has 0 radical (unpaired) electrons. The van der Waals surface area contributed by atoms with E-state index in [2.05, 4.69) is 33.4 Å². The van der Waals surface area contributed by atoms with Crippen molar-refractivity contribution in [3.63, 3.8) is 0 Å². The highest BCUT2D eigenvalue weighted by atomic mass is 32.1. The summed E-state index contributed by atoms with van der Waals surface area (Å²) < 4.78 is 6.36. The van der Waals surface area contributed by atoms with Crippen molar-refractivity contribution in [2.24, 2.45) is 0 Å². The summed E-state index contributed by atoms with van der Waals surface area (Å²) in [5, 5.41) is 10.0. The van der Waals surface area contributed by atoms with E-state index in [1.165, 1.54) is 16.1 Å². The van der Waals surface area contributed by atoms with Crippen LogP contribution in [0.15, 0.2) is 24.4 Å². The number of fused-ring (bicyclic) bond motifs is 2. The van der Waals surface area contributed by atoms with Gasteiger partial charge in [0.15, 0.2) is 0 Å². The van der Waals surface area contributed by atoms with E-state index in [-0.39, 0.29) is 18.0 Å². The van der Waals surface area contributed by atoms with Gasteiger partial charge < -0.3 is 20.1 Å². The molecule has 2 fully saturated rings. The summed E-state index contributed by atoms with van der Waals surface area (Å²) in [5.74, 6) is 0.0942. The minimum Gasteiger partial charge on any atom is -0.483 e. The molecule has 2 N–H and O–H groups in total. The summed E-state index contributed by atoms with van der Waals surface area (Å²) in [7, 11) is 0. The Morgan fingerprint density at radius 3 is 2.77 bits per heavy atom. The van der Waals surface area contributed by atoms with Gasteiger partial charge in [-0.2, -0.15) is 0 Å². The second kappa shape index (κ2) is 8.73. The van der Waals surface area contributed by atoms with Crippen LogP contribution in [0.1, 0.15) is 51.5 Å². The molecule has 7 nitrogen and oxygen atoms in total. The Hall–Kier alpha value is -2.45. The molecule has 4 heterocycles. The number of carbonyl (C=O) groups excluding carboxylic acids is 1. The number of anilines is 1. The van der Waals surface area contributed by atoms with E-state index in [1.54, 1.807) is 11.3 Å². The lowest BCUT2D eigenvalue weighted by Gasteiger charge is -2.44. The molecule has 0 atom stereocenters. The van der Waals surface area contributed by atoms with Crippen LogP contribution in [0.25, 0.3) is 0 Å². The summed E-state index contributed by atoms with van der Waals surface area (Å²) in [6, 6.07) is 6.75. The van der Waals surface area contributed by atoms with Crippen molar-refractivity contribution >= 4 is 29.4 Å². The zero-order valence-corrected chi connectivity index (χ0v) is 17.9. The lowest BCUT2D eigenvalue weighted by atomic mass is 9.82. The number of pyridine rings is 1. The van der Waals surface area contributed by atoms with Gasteiger partial charge in [0.1, 0.15) is 0 Å². The Morgan fingerprint density at radius 1 is 1.37 bits per heavy atom. The molecule has 1 aliphatic carbocycles. The van der Waals surface area contributed by atoms with E-state index in [4.69, 9.17) is 14.6 Å². The summed E-state index contributed by atoms with van der Waals surface area (Å²) >= 11 is 1.67. The van der Waals surface area contributed by atoms with Gasteiger partial charge in [0.2, 0.25) is 0 Å². The number of amides is 1. The molecule has 0 unspecified atom stereocenters. The Bertz CT molecular complexity index is 917. The van der Waals surface area contributed by atoms with Gasteiger partial charge in [-0.3, -0.25) is 14.6 Å². The number of nitrogens with zero attached hydrogens (tertiary/aromatic N) is 2. The minimum absolute atomic E-state index is 0.0942. The Balaban J connectivity index is 0.000000687. The minimum atomic E-state index is -0.250. The number of hydrogen-bond acceptors (Lipinski definition) is 6. The zero-order valence-electron chi connectivity index (χ0n) is 17.1. The summed E-state index contributed by atoms with van der Waals surface area (Å²) in [6.45, 7) is 4.46. The molecule has 5 rings (SSSR count). The quantitative estimate of drug-likeness (QED) is 0.729. The normalized spacial score (nSPS) is 19.4. The highest BCUT2D eigenvalue weighted by Gasteiger charge is 2.42. The largest absolute Gasteiger partial charge is 0.483 e. The smallest absolute Gasteiger partial charge is 0.290 e. The number of carboxylic acid groups (broad SMARTS) is 1. The van der Waals surface area contributed by atoms with Gasteiger partial charge in [0, 0.05) is 48.0 Å². The number of carbonyl (C=O) groups is 2. The molecule has 1 saturated carbocycles. The van der Waals surface area contributed by atoms with E-state index in [1.807, 2.05) is 13.1 Å². The fraction of sp³-hybridized carbons (Fsp3) is 0.500. The van der Waals surface area contributed by atoms with Gasteiger partial charge in [0.25, 0.3) is 12.4 Å². The Kier molecular flexibility index (Phi) is 6.06. The Morgan fingerprint density at radius 2 is 2.10 bits per heavy atom. The molecule has 1 spiro atoms. The Labute approximate surface area is 180 Å². The third-order valence-corrected chi connectivity index (χ3v) is 7.15. The number of aromatic nitrogens is 1. The molecule has 1 saturated heterocycles. The SMILES string of the molecule is Cc1cc(N2CCC3(CC2)OCCc2sc(C(=O)NC4CC4)cc23)ccn1.O=CO. The third kappa shape index (κ3) is 4.34. The first-order valence-electron chi connectivity index (χ1n) is 10.4. The van der Waals surface area contributed by atoms with Crippen LogP contribution in [-0.2, 0) is 21.6 Å². The molecule has 1 amide bonds. The second-order valence-corrected chi connectivity index (χ2v) is 9.17. The molecule has 160 valence electrons. The standard InChI is InChI=1S/C21H25N3O2S.CH2O2/c1-14-12-16(4-8-22-14)24-9-6-21(7-10-24)17-13-19(20(25)23-15-2-3-15)27-18(17)5-11-26-21;2-1-3/h4,8,12-13,15H,2-3,5-7,9-11H2,1H3,(H,23,25);1H,(H,2,3). The predicted octanol–water partition coefficient (Wildman–Crippen LogP) is 3.11. The molecule has 2 aliphatic heterocycles. The van der Waals surface area contributed by atoms with Gasteiger partial charge in [-0.25, -0.2) is 0 Å². The molecule has 0 bridgehead atoms. The number of aryl methyl sites for hydroxylation is 1. The van der Waals surface area contributed by atoms with Crippen molar-refractivity contribution in [1.29, 1.82) is 0 Å². The zero-order chi connectivity index (χ0) is 21.1. The first-order chi connectivity index (χ1) is 14.5. The van der Waals surface area contributed by atoms with Gasteiger partial charge in [-0.1, -0.05) is 0 Å². The van der Waals surface area contributed by atoms with E-state index < -0.39 is 0 Å². The van der Waals surface area contributed by atoms with Crippen molar-refractivity contribution in [1.82, 2.24) is 10.3 Å². The highest BCUT2D eigenvalue weighted by molar-refractivity contribution is 7.14. The lowest BCUT2D eigenvalue weighted by molar-refractivity contribution is -0.122.